The number of primary amides is 1. The van der Waals surface area contributed by atoms with Gasteiger partial charge in [0.25, 0.3) is 5.91 Å². The molecule has 1 aromatic rings. The fourth-order valence-corrected chi connectivity index (χ4v) is 2.93. The lowest BCUT2D eigenvalue weighted by molar-refractivity contribution is -0.158. The summed E-state index contributed by atoms with van der Waals surface area (Å²) < 4.78 is 13.2. The number of nitrogens with two attached hydrogens (primary N) is 1. The molecule has 0 aromatic heterocycles. The Kier molecular flexibility index (Phi) is 6.54. The quantitative estimate of drug-likeness (QED) is 0.319. The Bertz CT molecular complexity index is 763. The number of nitrogens with one attached hydrogen (secondary N) is 3. The van der Waals surface area contributed by atoms with Crippen molar-refractivity contribution in [2.75, 3.05) is 5.32 Å². The van der Waals surface area contributed by atoms with Crippen LogP contribution in [0, 0.1) is 5.82 Å². The molecule has 1 aromatic carbocycles. The summed E-state index contributed by atoms with van der Waals surface area (Å²) in [5, 5.41) is 37.6. The minimum Gasteiger partial charge on any atom is -0.390 e. The summed E-state index contributed by atoms with van der Waals surface area (Å²) in [6.45, 7) is 1.32. The molecule has 154 valence electrons. The topological polar surface area (TPSA) is 174 Å². The van der Waals surface area contributed by atoms with Crippen LogP contribution >= 0.6 is 0 Å². The van der Waals surface area contributed by atoms with Crippen LogP contribution in [0.1, 0.15) is 19.8 Å². The molecule has 4 amide bonds. The van der Waals surface area contributed by atoms with Crippen LogP contribution in [0.25, 0.3) is 0 Å². The lowest BCUT2D eigenvalue weighted by Gasteiger charge is -2.41. The van der Waals surface area contributed by atoms with Crippen molar-refractivity contribution in [1.29, 1.82) is 0 Å². The third kappa shape index (κ3) is 5.15. The number of rotatable bonds is 5. The molecule has 1 aliphatic rings. The molecule has 5 unspecified atom stereocenters. The molecule has 8 N–H and O–H groups in total. The van der Waals surface area contributed by atoms with Crippen LogP contribution in [-0.4, -0.2) is 63.1 Å². The Balaban J connectivity index is 2.07. The third-order valence-electron chi connectivity index (χ3n) is 4.51. The smallest absolute Gasteiger partial charge is 0.319 e. The largest absolute Gasteiger partial charge is 0.390 e. The van der Waals surface area contributed by atoms with E-state index in [0.29, 0.717) is 0 Å². The molecule has 0 spiro atoms. The van der Waals surface area contributed by atoms with E-state index in [0.717, 1.165) is 6.07 Å². The molecule has 0 heterocycles. The maximum Gasteiger partial charge on any atom is 0.319 e. The lowest BCUT2D eigenvalue weighted by Crippen LogP contribution is -2.64. The van der Waals surface area contributed by atoms with Gasteiger partial charge in [-0.2, -0.15) is 0 Å². The van der Waals surface area contributed by atoms with Crippen LogP contribution in [0.5, 0.6) is 0 Å². The van der Waals surface area contributed by atoms with E-state index < -0.39 is 66.4 Å². The van der Waals surface area contributed by atoms with Crippen LogP contribution in [-0.2, 0) is 9.59 Å². The molecular formula is C17H23FN4O6. The zero-order chi connectivity index (χ0) is 21.1. The van der Waals surface area contributed by atoms with Crippen molar-refractivity contribution in [3.8, 4) is 0 Å². The second-order valence-electron chi connectivity index (χ2n) is 6.81. The summed E-state index contributed by atoms with van der Waals surface area (Å²) >= 11 is 0. The van der Waals surface area contributed by atoms with Crippen LogP contribution < -0.4 is 21.7 Å². The standard InChI is InChI=1S/C17H23FN4O6/c1-8(14(19)25)20-15(26)17(28)6-11(13(24)12(23)7-17)22-16(27)21-10-4-2-3-9(18)5-10/h2-5,8,11-13,23-24,28H,6-7H2,1H3,(H2,19,25)(H,20,26)(H2,21,22,27). The van der Waals surface area contributed by atoms with E-state index in [-0.39, 0.29) is 5.69 Å². The van der Waals surface area contributed by atoms with Crippen molar-refractivity contribution in [2.24, 2.45) is 5.73 Å². The second-order valence-corrected chi connectivity index (χ2v) is 6.81. The first-order chi connectivity index (χ1) is 13.0. The van der Waals surface area contributed by atoms with Gasteiger partial charge >= 0.3 is 6.03 Å². The monoisotopic (exact) mass is 398 g/mol. The van der Waals surface area contributed by atoms with Crippen molar-refractivity contribution >= 4 is 23.5 Å². The second kappa shape index (κ2) is 8.50. The third-order valence-corrected chi connectivity index (χ3v) is 4.51. The number of hydrogen-bond donors (Lipinski definition) is 7. The van der Waals surface area contributed by atoms with E-state index in [1.807, 2.05) is 0 Å². The molecule has 28 heavy (non-hydrogen) atoms. The van der Waals surface area contributed by atoms with Gasteiger partial charge in [0.1, 0.15) is 23.6 Å². The molecular weight excluding hydrogens is 375 g/mol. The van der Waals surface area contributed by atoms with Crippen LogP contribution in [0.3, 0.4) is 0 Å². The molecule has 2 rings (SSSR count). The predicted molar refractivity (Wildman–Crippen MR) is 95.3 cm³/mol. The van der Waals surface area contributed by atoms with Gasteiger partial charge < -0.3 is 37.0 Å². The molecule has 0 aliphatic heterocycles. The highest BCUT2D eigenvalue weighted by atomic mass is 19.1. The molecule has 11 heteroatoms. The van der Waals surface area contributed by atoms with Gasteiger partial charge in [0.15, 0.2) is 0 Å². The fourth-order valence-electron chi connectivity index (χ4n) is 2.93. The SMILES string of the molecule is CC(NC(=O)C1(O)CC(O)C(O)C(NC(=O)Nc2cccc(F)c2)C1)C(N)=O. The molecule has 1 aliphatic carbocycles. The van der Waals surface area contributed by atoms with Crippen LogP contribution in [0.2, 0.25) is 0 Å². The Morgan fingerprint density at radius 3 is 2.57 bits per heavy atom. The highest BCUT2D eigenvalue weighted by molar-refractivity contribution is 5.91. The molecule has 5 atom stereocenters. The van der Waals surface area contributed by atoms with E-state index >= 15 is 0 Å². The molecule has 0 bridgehead atoms. The average Bonchev–Trinajstić information content (AvgIpc) is 2.59. The number of amides is 4. The van der Waals surface area contributed by atoms with Crippen molar-refractivity contribution < 1.29 is 34.1 Å². The first-order valence-electron chi connectivity index (χ1n) is 8.54. The number of benzene rings is 1. The van der Waals surface area contributed by atoms with Gasteiger partial charge in [-0.15, -0.1) is 0 Å². The van der Waals surface area contributed by atoms with Crippen molar-refractivity contribution in [3.63, 3.8) is 0 Å². The van der Waals surface area contributed by atoms with Gasteiger partial charge in [0, 0.05) is 18.5 Å². The number of halogens is 1. The zero-order valence-corrected chi connectivity index (χ0v) is 15.1. The number of carbonyl (C=O) groups excluding carboxylic acids is 3. The van der Waals surface area contributed by atoms with Crippen molar-refractivity contribution in [2.45, 2.75) is 49.7 Å². The van der Waals surface area contributed by atoms with Gasteiger partial charge in [-0.1, -0.05) is 6.07 Å². The van der Waals surface area contributed by atoms with Gasteiger partial charge in [-0.05, 0) is 25.1 Å². The van der Waals surface area contributed by atoms with E-state index in [4.69, 9.17) is 5.73 Å². The molecule has 0 saturated heterocycles. The summed E-state index contributed by atoms with van der Waals surface area (Å²) in [5.74, 6) is -2.36. The van der Waals surface area contributed by atoms with E-state index in [1.54, 1.807) is 0 Å². The number of aliphatic hydroxyl groups is 3. The van der Waals surface area contributed by atoms with Gasteiger partial charge in [-0.25, -0.2) is 9.18 Å². The van der Waals surface area contributed by atoms with Gasteiger partial charge in [-0.3, -0.25) is 9.59 Å². The van der Waals surface area contributed by atoms with E-state index in [9.17, 15) is 34.1 Å². The van der Waals surface area contributed by atoms with E-state index in [1.165, 1.54) is 25.1 Å². The van der Waals surface area contributed by atoms with Crippen molar-refractivity contribution in [1.82, 2.24) is 10.6 Å². The predicted octanol–water partition coefficient (Wildman–Crippen LogP) is -1.45. The molecule has 10 nitrogen and oxygen atoms in total. The lowest BCUT2D eigenvalue weighted by atomic mass is 9.77. The van der Waals surface area contributed by atoms with Crippen LogP contribution in [0.15, 0.2) is 24.3 Å². The highest BCUT2D eigenvalue weighted by Crippen LogP contribution is 2.30. The average molecular weight is 398 g/mol. The summed E-state index contributed by atoms with van der Waals surface area (Å²) in [7, 11) is 0. The Hall–Kier alpha value is -2.76. The minimum absolute atomic E-state index is 0.145. The Morgan fingerprint density at radius 1 is 1.29 bits per heavy atom. The van der Waals surface area contributed by atoms with E-state index in [2.05, 4.69) is 16.0 Å². The number of anilines is 1. The summed E-state index contributed by atoms with van der Waals surface area (Å²) in [6.07, 6.45) is -3.92. The fraction of sp³-hybridized carbons (Fsp3) is 0.471. The van der Waals surface area contributed by atoms with Crippen LogP contribution in [0.4, 0.5) is 14.9 Å². The Morgan fingerprint density at radius 2 is 1.96 bits per heavy atom. The van der Waals surface area contributed by atoms with Gasteiger partial charge in [0.2, 0.25) is 5.91 Å². The summed E-state index contributed by atoms with van der Waals surface area (Å²) in [4.78, 5) is 35.5. The molecule has 1 saturated carbocycles. The Labute approximate surface area is 159 Å². The summed E-state index contributed by atoms with van der Waals surface area (Å²) in [6, 6.07) is 1.98. The number of carbonyl (C=O) groups is 3. The summed E-state index contributed by atoms with van der Waals surface area (Å²) in [5.41, 5.74) is 3.06. The first-order valence-corrected chi connectivity index (χ1v) is 8.54. The molecule has 1 fully saturated rings. The maximum absolute atomic E-state index is 13.2. The zero-order valence-electron chi connectivity index (χ0n) is 15.1. The maximum atomic E-state index is 13.2. The number of hydrogen-bond acceptors (Lipinski definition) is 6. The van der Waals surface area contributed by atoms with Crippen molar-refractivity contribution in [3.05, 3.63) is 30.1 Å². The highest BCUT2D eigenvalue weighted by Gasteiger charge is 2.49. The normalized spacial score (nSPS) is 28.1. The minimum atomic E-state index is -2.15. The first kappa shape index (κ1) is 21.5. The number of urea groups is 1. The van der Waals surface area contributed by atoms with Gasteiger partial charge in [0.05, 0.1) is 12.1 Å². The molecule has 0 radical (unpaired) electrons. The number of aliphatic hydroxyl groups excluding tert-OH is 2.